The van der Waals surface area contributed by atoms with Crippen molar-refractivity contribution in [3.8, 4) is 11.5 Å². The Morgan fingerprint density at radius 1 is 0.821 bits per heavy atom. The maximum absolute atomic E-state index is 14.7. The van der Waals surface area contributed by atoms with Gasteiger partial charge in [0, 0.05) is 50.0 Å². The van der Waals surface area contributed by atoms with E-state index in [1.165, 1.54) is 0 Å². The molecule has 0 unspecified atom stereocenters. The van der Waals surface area contributed by atoms with Gasteiger partial charge in [0.05, 0.1) is 48.2 Å². The lowest BCUT2D eigenvalue weighted by molar-refractivity contribution is -0.940. The molecular formula is C58H80N6O13S. The Bertz CT molecular complexity index is 2720. The van der Waals surface area contributed by atoms with Gasteiger partial charge in [-0.05, 0) is 86.6 Å². The Labute approximate surface area is 459 Å². The van der Waals surface area contributed by atoms with E-state index >= 15 is 0 Å². The van der Waals surface area contributed by atoms with Gasteiger partial charge in [-0.2, -0.15) is 0 Å². The predicted octanol–water partition coefficient (Wildman–Crippen LogP) is 6.05. The minimum Gasteiger partial charge on any atom is -0.748 e. The van der Waals surface area contributed by atoms with Gasteiger partial charge >= 0.3 is 5.97 Å². The van der Waals surface area contributed by atoms with Crippen molar-refractivity contribution < 1.29 is 65.2 Å². The van der Waals surface area contributed by atoms with E-state index in [4.69, 9.17) is 31.9 Å². The second-order valence-electron chi connectivity index (χ2n) is 21.9. The standard InChI is InChI=1S/C57H76N6O10.CH4O3S/c1-8-15-53(66)73-51-23-21-43(31-52(51)71-37-46-34-62(7)61-60-46)35-63(24-26-70-27-25-63)36-47(64)32-44(22-20-41-16-11-9-12-17-41)55(68)58-48(28-39(2)3)50(65)33-45(30-42-18-13-10-14-19-42)56(69)59-49(29-40(4)5)54(67)57(6)38-72-57;1-5(2,3)4/h9-14,16-19,21,23,31,34,39-40,44-45,48-49H,8,15,20,22,24-30,32-33,35-38H2,1-7H3,(H-,58,59,68,69);1H3,(H,2,3,4)/t44-,45-,48+,49+,57-;/m1./s1. The van der Waals surface area contributed by atoms with Crippen molar-refractivity contribution in [1.29, 1.82) is 0 Å². The van der Waals surface area contributed by atoms with Gasteiger partial charge in [-0.1, -0.05) is 100 Å². The third-order valence-corrected chi connectivity index (χ3v) is 13.6. The van der Waals surface area contributed by atoms with Crippen molar-refractivity contribution in [1.82, 2.24) is 25.6 Å². The first-order chi connectivity index (χ1) is 36.9. The molecule has 5 atom stereocenters. The molecule has 0 spiro atoms. The summed E-state index contributed by atoms with van der Waals surface area (Å²) in [5, 5.41) is 14.2. The topological polar surface area (TPSA) is 255 Å². The van der Waals surface area contributed by atoms with Gasteiger partial charge in [-0.25, -0.2) is 8.42 Å². The number of ketones is 3. The van der Waals surface area contributed by atoms with E-state index in [1.54, 1.807) is 30.9 Å². The van der Waals surface area contributed by atoms with Crippen LogP contribution < -0.4 is 20.1 Å². The number of esters is 1. The highest BCUT2D eigenvalue weighted by atomic mass is 32.2. The molecule has 426 valence electrons. The number of nitrogens with one attached hydrogen (secondary N) is 2. The van der Waals surface area contributed by atoms with Crippen molar-refractivity contribution in [2.45, 2.75) is 130 Å². The van der Waals surface area contributed by atoms with Crippen molar-refractivity contribution in [3.05, 3.63) is 107 Å². The summed E-state index contributed by atoms with van der Waals surface area (Å²) in [4.78, 5) is 84.4. The van der Waals surface area contributed by atoms with Crippen molar-refractivity contribution in [2.75, 3.05) is 45.7 Å². The van der Waals surface area contributed by atoms with E-state index in [0.29, 0.717) is 93.7 Å². The highest BCUT2D eigenvalue weighted by Crippen LogP contribution is 2.33. The molecule has 20 heteroatoms. The number of carbonyl (C=O) groups is 6. The highest BCUT2D eigenvalue weighted by Gasteiger charge is 2.50. The van der Waals surface area contributed by atoms with E-state index in [0.717, 1.165) is 16.7 Å². The number of hydrogen-bond acceptors (Lipinski definition) is 15. The second kappa shape index (κ2) is 29.7. The van der Waals surface area contributed by atoms with Crippen LogP contribution in [-0.2, 0) is 81.4 Å². The van der Waals surface area contributed by atoms with Crippen LogP contribution in [0.3, 0.4) is 0 Å². The minimum absolute atomic E-state index is 0.00782. The summed E-state index contributed by atoms with van der Waals surface area (Å²) in [5.74, 6) is -2.56. The van der Waals surface area contributed by atoms with Crippen LogP contribution in [0.4, 0.5) is 0 Å². The molecule has 2 amide bonds. The zero-order valence-corrected chi connectivity index (χ0v) is 47.4. The Balaban J connectivity index is 0.00000214. The monoisotopic (exact) mass is 1100 g/mol. The first kappa shape index (κ1) is 62.7. The normalized spacial score (nSPS) is 17.4. The molecule has 0 bridgehead atoms. The van der Waals surface area contributed by atoms with Gasteiger partial charge in [-0.3, -0.25) is 33.4 Å². The lowest BCUT2D eigenvalue weighted by Gasteiger charge is -2.41. The van der Waals surface area contributed by atoms with Gasteiger partial charge in [0.15, 0.2) is 28.8 Å². The molecule has 2 aliphatic heterocycles. The minimum atomic E-state index is -3.92. The summed E-state index contributed by atoms with van der Waals surface area (Å²) < 4.78 is 52.4. The number of amides is 2. The Kier molecular flexibility index (Phi) is 23.8. The molecule has 2 aliphatic rings. The fraction of sp³-hybridized carbons (Fsp3) is 0.552. The molecule has 3 heterocycles. The summed E-state index contributed by atoms with van der Waals surface area (Å²) in [5.41, 5.74) is 2.40. The number of nitrogens with zero attached hydrogens (tertiary/aromatic N) is 4. The number of Topliss-reactive ketones (excluding diaryl/α,β-unsaturated/α-hetero) is 3. The summed E-state index contributed by atoms with van der Waals surface area (Å²) >= 11 is 0. The average Bonchev–Trinajstić information content (AvgIpc) is 4.05. The number of carbonyl (C=O) groups excluding carboxylic acids is 6. The fourth-order valence-corrected chi connectivity index (χ4v) is 9.54. The molecule has 2 fully saturated rings. The Morgan fingerprint density at radius 2 is 1.41 bits per heavy atom. The van der Waals surface area contributed by atoms with Crippen LogP contribution in [0.15, 0.2) is 85.1 Å². The van der Waals surface area contributed by atoms with Gasteiger partial charge in [0.1, 0.15) is 44.1 Å². The van der Waals surface area contributed by atoms with Crippen LogP contribution in [0.2, 0.25) is 0 Å². The summed E-state index contributed by atoms with van der Waals surface area (Å²) in [7, 11) is -2.15. The third kappa shape index (κ3) is 21.6. The molecule has 0 saturated carbocycles. The molecule has 0 radical (unpaired) electrons. The zero-order valence-electron chi connectivity index (χ0n) is 46.6. The van der Waals surface area contributed by atoms with Gasteiger partial charge < -0.3 is 38.6 Å². The Hall–Kier alpha value is -6.19. The van der Waals surface area contributed by atoms with Crippen LogP contribution in [-0.4, -0.2) is 131 Å². The van der Waals surface area contributed by atoms with Gasteiger partial charge in [-0.15, -0.1) is 5.10 Å². The van der Waals surface area contributed by atoms with E-state index < -0.39 is 45.5 Å². The Morgan fingerprint density at radius 3 is 1.99 bits per heavy atom. The first-order valence-electron chi connectivity index (χ1n) is 27.0. The molecule has 1 aromatic heterocycles. The predicted molar refractivity (Wildman–Crippen MR) is 291 cm³/mol. The number of benzene rings is 3. The summed E-state index contributed by atoms with van der Waals surface area (Å²) in [6.45, 7) is 14.5. The quantitative estimate of drug-likeness (QED) is 0.0198. The van der Waals surface area contributed by atoms with Crippen molar-refractivity contribution in [3.63, 3.8) is 0 Å². The lowest BCUT2D eigenvalue weighted by Crippen LogP contribution is -2.57. The number of hydrogen-bond donors (Lipinski definition) is 2. The molecule has 19 nitrogen and oxygen atoms in total. The van der Waals surface area contributed by atoms with E-state index in [9.17, 15) is 28.8 Å². The van der Waals surface area contributed by atoms with Crippen LogP contribution in [0.1, 0.15) is 109 Å². The molecular weight excluding hydrogens is 1020 g/mol. The number of aromatic nitrogens is 3. The molecule has 2 N–H and O–H groups in total. The number of ether oxygens (including phenoxy) is 4. The first-order valence-corrected chi connectivity index (χ1v) is 28.8. The molecule has 6 rings (SSSR count). The second-order valence-corrected chi connectivity index (χ2v) is 23.3. The van der Waals surface area contributed by atoms with Crippen LogP contribution in [0.25, 0.3) is 0 Å². The van der Waals surface area contributed by atoms with Crippen LogP contribution in [0.5, 0.6) is 11.5 Å². The van der Waals surface area contributed by atoms with Gasteiger partial charge in [0.2, 0.25) is 11.8 Å². The summed E-state index contributed by atoms with van der Waals surface area (Å²) in [6.07, 6.45) is 4.92. The molecule has 4 aromatic rings. The maximum Gasteiger partial charge on any atom is 0.311 e. The molecule has 2 saturated heterocycles. The lowest BCUT2D eigenvalue weighted by atomic mass is 9.87. The fourth-order valence-electron chi connectivity index (χ4n) is 9.54. The number of quaternary nitrogens is 1. The number of aryl methyl sites for hydroxylation is 2. The van der Waals surface area contributed by atoms with Gasteiger partial charge in [0.25, 0.3) is 0 Å². The number of morpholine rings is 1. The van der Waals surface area contributed by atoms with E-state index in [1.807, 2.05) is 107 Å². The highest BCUT2D eigenvalue weighted by molar-refractivity contribution is 7.84. The smallest absolute Gasteiger partial charge is 0.311 e. The zero-order chi connectivity index (χ0) is 57.0. The number of rotatable bonds is 30. The average molecular weight is 1100 g/mol. The number of epoxide rings is 1. The molecule has 3 aromatic carbocycles. The maximum atomic E-state index is 14.7. The van der Waals surface area contributed by atoms with Crippen molar-refractivity contribution >= 4 is 45.3 Å². The van der Waals surface area contributed by atoms with Crippen molar-refractivity contribution in [2.24, 2.45) is 30.7 Å². The third-order valence-electron chi connectivity index (χ3n) is 13.6. The van der Waals surface area contributed by atoms with Crippen LogP contribution >= 0.6 is 0 Å². The SMILES string of the molecule is CCCC(=O)Oc1ccc(C[N+]2(CC(=O)C[C@@H](CCc3ccccc3)C(=O)N[C@@H](CC(C)C)C(=O)C[C@@H](Cc3ccccc3)C(=O)N[C@@H](CC(C)C)C(=O)[C@@]3(C)CO3)CCOCC2)cc1OCc1cn(C)nn1.CS(=O)(=O)[O-]. The summed E-state index contributed by atoms with van der Waals surface area (Å²) in [6, 6.07) is 23.0. The van der Waals surface area contributed by atoms with Crippen LogP contribution in [0, 0.1) is 23.7 Å². The largest absolute Gasteiger partial charge is 0.748 e. The van der Waals surface area contributed by atoms with E-state index in [-0.39, 0.29) is 85.6 Å². The molecule has 78 heavy (non-hydrogen) atoms. The molecule has 0 aliphatic carbocycles. The van der Waals surface area contributed by atoms with E-state index in [2.05, 4.69) is 20.9 Å².